The van der Waals surface area contributed by atoms with Crippen LogP contribution in [0.2, 0.25) is 0 Å². The SMILES string of the molecule is O=C(NCc1cccc(NC(=O)N2CCCC2)c1)c1ccc2c(c1)S(=O)(=O)N(C1CC1)C2=O. The molecule has 2 aromatic rings. The maximum atomic E-state index is 12.8. The molecule has 4 amide bonds. The van der Waals surface area contributed by atoms with Gasteiger partial charge in [-0.3, -0.25) is 9.59 Å². The minimum Gasteiger partial charge on any atom is -0.348 e. The van der Waals surface area contributed by atoms with E-state index >= 15 is 0 Å². The van der Waals surface area contributed by atoms with Gasteiger partial charge in [0.25, 0.3) is 21.8 Å². The number of carbonyl (C=O) groups is 3. The van der Waals surface area contributed by atoms with E-state index in [9.17, 15) is 22.8 Å². The summed E-state index contributed by atoms with van der Waals surface area (Å²) in [6.07, 6.45) is 3.36. The maximum absolute atomic E-state index is 12.8. The molecule has 2 N–H and O–H groups in total. The molecule has 0 unspecified atom stereocenters. The van der Waals surface area contributed by atoms with E-state index in [4.69, 9.17) is 0 Å². The van der Waals surface area contributed by atoms with Crippen molar-refractivity contribution in [3.8, 4) is 0 Å². The van der Waals surface area contributed by atoms with Crippen LogP contribution in [0.15, 0.2) is 47.4 Å². The molecule has 2 heterocycles. The molecule has 0 aromatic heterocycles. The average molecular weight is 469 g/mol. The Labute approximate surface area is 191 Å². The summed E-state index contributed by atoms with van der Waals surface area (Å²) in [6.45, 7) is 1.70. The monoisotopic (exact) mass is 468 g/mol. The van der Waals surface area contributed by atoms with E-state index in [1.54, 1.807) is 23.1 Å². The van der Waals surface area contributed by atoms with Gasteiger partial charge in [-0.15, -0.1) is 0 Å². The molecule has 0 spiro atoms. The fourth-order valence-corrected chi connectivity index (χ4v) is 6.07. The summed E-state index contributed by atoms with van der Waals surface area (Å²) in [5.41, 5.74) is 1.70. The number of rotatable bonds is 5. The zero-order chi connectivity index (χ0) is 23.2. The highest BCUT2D eigenvalue weighted by Crippen LogP contribution is 2.39. The zero-order valence-corrected chi connectivity index (χ0v) is 18.7. The zero-order valence-electron chi connectivity index (χ0n) is 17.9. The number of hydrogen-bond acceptors (Lipinski definition) is 5. The second kappa shape index (κ2) is 8.18. The van der Waals surface area contributed by atoms with Crippen LogP contribution in [0.3, 0.4) is 0 Å². The Kier molecular flexibility index (Phi) is 5.32. The molecule has 1 saturated heterocycles. The van der Waals surface area contributed by atoms with E-state index in [1.165, 1.54) is 18.2 Å². The van der Waals surface area contributed by atoms with Crippen LogP contribution in [0.5, 0.6) is 0 Å². The van der Waals surface area contributed by atoms with Crippen molar-refractivity contribution in [1.29, 1.82) is 0 Å². The number of sulfonamides is 1. The summed E-state index contributed by atoms with van der Waals surface area (Å²) in [4.78, 5) is 39.1. The summed E-state index contributed by atoms with van der Waals surface area (Å²) < 4.78 is 26.5. The lowest BCUT2D eigenvalue weighted by molar-refractivity contribution is 0.0863. The third-order valence-electron chi connectivity index (χ3n) is 6.11. The predicted octanol–water partition coefficient (Wildman–Crippen LogP) is 2.55. The summed E-state index contributed by atoms with van der Waals surface area (Å²) in [5.74, 6) is -0.968. The number of likely N-dealkylation sites (tertiary alicyclic amines) is 1. The number of hydrogen-bond donors (Lipinski definition) is 2. The lowest BCUT2D eigenvalue weighted by Gasteiger charge is -2.16. The van der Waals surface area contributed by atoms with Gasteiger partial charge in [-0.25, -0.2) is 17.5 Å². The van der Waals surface area contributed by atoms with Crippen molar-refractivity contribution in [3.05, 3.63) is 59.2 Å². The Morgan fingerprint density at radius 3 is 2.52 bits per heavy atom. The van der Waals surface area contributed by atoms with Crippen molar-refractivity contribution in [3.63, 3.8) is 0 Å². The molecule has 10 heteroatoms. The fourth-order valence-electron chi connectivity index (χ4n) is 4.22. The number of nitrogens with one attached hydrogen (secondary N) is 2. The smallest absolute Gasteiger partial charge is 0.321 e. The van der Waals surface area contributed by atoms with E-state index in [2.05, 4.69) is 10.6 Å². The number of anilines is 1. The number of urea groups is 1. The van der Waals surface area contributed by atoms with Crippen LogP contribution in [-0.2, 0) is 16.6 Å². The number of amides is 4. The number of benzene rings is 2. The maximum Gasteiger partial charge on any atom is 0.321 e. The first-order valence-corrected chi connectivity index (χ1v) is 12.4. The van der Waals surface area contributed by atoms with E-state index in [-0.39, 0.29) is 34.6 Å². The topological polar surface area (TPSA) is 116 Å². The van der Waals surface area contributed by atoms with Crippen molar-refractivity contribution in [2.24, 2.45) is 0 Å². The van der Waals surface area contributed by atoms with Crippen LogP contribution in [0.25, 0.3) is 0 Å². The molecule has 1 aliphatic carbocycles. The molecule has 1 saturated carbocycles. The third-order valence-corrected chi connectivity index (χ3v) is 7.99. The largest absolute Gasteiger partial charge is 0.348 e. The number of fused-ring (bicyclic) bond motifs is 1. The Hall–Kier alpha value is -3.40. The second-order valence-electron chi connectivity index (χ2n) is 8.56. The van der Waals surface area contributed by atoms with E-state index in [1.807, 2.05) is 6.07 Å². The molecule has 2 aliphatic heterocycles. The van der Waals surface area contributed by atoms with Gasteiger partial charge in [0.05, 0.1) is 5.56 Å². The second-order valence-corrected chi connectivity index (χ2v) is 10.3. The van der Waals surface area contributed by atoms with Crippen molar-refractivity contribution < 1.29 is 22.8 Å². The Bertz CT molecular complexity index is 1250. The molecule has 0 radical (unpaired) electrons. The highest BCUT2D eigenvalue weighted by molar-refractivity contribution is 7.90. The van der Waals surface area contributed by atoms with E-state index < -0.39 is 21.8 Å². The number of carbonyl (C=O) groups excluding carboxylic acids is 3. The van der Waals surface area contributed by atoms with Crippen LogP contribution in [-0.4, -0.2) is 54.6 Å². The molecule has 0 bridgehead atoms. The van der Waals surface area contributed by atoms with E-state index in [0.29, 0.717) is 18.5 Å². The van der Waals surface area contributed by atoms with Crippen LogP contribution < -0.4 is 10.6 Å². The Morgan fingerprint density at radius 1 is 1.03 bits per heavy atom. The lowest BCUT2D eigenvalue weighted by atomic mass is 10.1. The summed E-state index contributed by atoms with van der Waals surface area (Å²) in [5, 5.41) is 5.65. The van der Waals surface area contributed by atoms with Gasteiger partial charge in [-0.05, 0) is 61.6 Å². The number of nitrogens with zero attached hydrogens (tertiary/aromatic N) is 2. The highest BCUT2D eigenvalue weighted by Gasteiger charge is 2.48. The lowest BCUT2D eigenvalue weighted by Crippen LogP contribution is -2.32. The standard InChI is InChI=1S/C23H24N4O5S/c28-21(16-6-9-19-20(13-16)33(31,32)27(22(19)29)18-7-8-18)24-14-15-4-3-5-17(12-15)25-23(30)26-10-1-2-11-26/h3-6,9,12-13,18H,1-2,7-8,10-11,14H2,(H,24,28)(H,25,30). The van der Waals surface area contributed by atoms with Crippen LogP contribution in [0.1, 0.15) is 52.0 Å². The first kappa shape index (κ1) is 21.4. The van der Waals surface area contributed by atoms with Gasteiger partial charge >= 0.3 is 6.03 Å². The molecular weight excluding hydrogens is 444 g/mol. The van der Waals surface area contributed by atoms with Gasteiger partial charge in [-0.2, -0.15) is 0 Å². The molecular formula is C23H24N4O5S. The first-order valence-electron chi connectivity index (χ1n) is 11.0. The summed E-state index contributed by atoms with van der Waals surface area (Å²) in [7, 11) is -3.92. The van der Waals surface area contributed by atoms with Crippen LogP contribution >= 0.6 is 0 Å². The normalized spacial score (nSPS) is 18.8. The van der Waals surface area contributed by atoms with Gasteiger partial charge in [0.2, 0.25) is 0 Å². The molecule has 172 valence electrons. The summed E-state index contributed by atoms with van der Waals surface area (Å²) >= 11 is 0. The van der Waals surface area contributed by atoms with Crippen molar-refractivity contribution >= 4 is 33.6 Å². The average Bonchev–Trinajstić information content (AvgIpc) is 3.41. The van der Waals surface area contributed by atoms with Crippen molar-refractivity contribution in [2.75, 3.05) is 18.4 Å². The first-order chi connectivity index (χ1) is 15.8. The molecule has 9 nitrogen and oxygen atoms in total. The van der Waals surface area contributed by atoms with Crippen LogP contribution in [0.4, 0.5) is 10.5 Å². The molecule has 2 fully saturated rings. The van der Waals surface area contributed by atoms with E-state index in [0.717, 1.165) is 35.8 Å². The van der Waals surface area contributed by atoms with Gasteiger partial charge < -0.3 is 15.5 Å². The quantitative estimate of drug-likeness (QED) is 0.700. The molecule has 0 atom stereocenters. The predicted molar refractivity (Wildman–Crippen MR) is 120 cm³/mol. The van der Waals surface area contributed by atoms with Crippen molar-refractivity contribution in [1.82, 2.24) is 14.5 Å². The molecule has 2 aromatic carbocycles. The molecule has 5 rings (SSSR count). The van der Waals surface area contributed by atoms with Crippen LogP contribution in [0, 0.1) is 0 Å². The van der Waals surface area contributed by atoms with Gasteiger partial charge in [-0.1, -0.05) is 12.1 Å². The minimum atomic E-state index is -3.92. The van der Waals surface area contributed by atoms with Gasteiger partial charge in [0, 0.05) is 36.9 Å². The third kappa shape index (κ3) is 4.06. The minimum absolute atomic E-state index is 0.111. The molecule has 3 aliphatic rings. The Morgan fingerprint density at radius 2 is 1.79 bits per heavy atom. The summed E-state index contributed by atoms with van der Waals surface area (Å²) in [6, 6.07) is 10.9. The van der Waals surface area contributed by atoms with Gasteiger partial charge in [0.15, 0.2) is 0 Å². The highest BCUT2D eigenvalue weighted by atomic mass is 32.2. The Balaban J connectivity index is 1.26. The van der Waals surface area contributed by atoms with Crippen molar-refractivity contribution in [2.45, 2.75) is 43.2 Å². The fraction of sp³-hybridized carbons (Fsp3) is 0.348. The van der Waals surface area contributed by atoms with Gasteiger partial charge in [0.1, 0.15) is 4.90 Å². The molecule has 33 heavy (non-hydrogen) atoms.